The van der Waals surface area contributed by atoms with Crippen LogP contribution < -0.4 is 14.9 Å². The Balaban J connectivity index is 1.68. The van der Waals surface area contributed by atoms with E-state index in [-0.39, 0.29) is 0 Å². The Bertz CT molecular complexity index is 1270. The van der Waals surface area contributed by atoms with Crippen molar-refractivity contribution in [2.24, 2.45) is 5.10 Å². The lowest BCUT2D eigenvalue weighted by Crippen LogP contribution is -2.00. The molecular weight excluding hydrogens is 480 g/mol. The number of anilines is 1. The monoisotopic (exact) mass is 496 g/mol. The molecule has 3 aromatic carbocycles. The number of aromatic nitrogens is 2. The van der Waals surface area contributed by atoms with Crippen LogP contribution in [0.25, 0.3) is 22.2 Å². The van der Waals surface area contributed by atoms with Crippen molar-refractivity contribution in [1.29, 1.82) is 0 Å². The maximum Gasteiger partial charge on any atom is 0.244 e. The zero-order valence-electron chi connectivity index (χ0n) is 16.8. The van der Waals surface area contributed by atoms with Crippen molar-refractivity contribution in [2.45, 2.75) is 0 Å². The molecule has 0 spiro atoms. The lowest BCUT2D eigenvalue weighted by Gasteiger charge is -2.10. The van der Waals surface area contributed by atoms with E-state index in [1.165, 1.54) is 0 Å². The van der Waals surface area contributed by atoms with Gasteiger partial charge in [-0.15, -0.1) is 0 Å². The van der Waals surface area contributed by atoms with Crippen LogP contribution in [0.3, 0.4) is 0 Å². The fourth-order valence-corrected chi connectivity index (χ4v) is 3.94. The quantitative estimate of drug-likeness (QED) is 0.255. The van der Waals surface area contributed by atoms with Gasteiger partial charge in [0.25, 0.3) is 0 Å². The van der Waals surface area contributed by atoms with Crippen molar-refractivity contribution in [3.8, 4) is 22.8 Å². The number of nitrogens with one attached hydrogen (secondary N) is 1. The minimum Gasteiger partial charge on any atom is -0.493 e. The van der Waals surface area contributed by atoms with Crippen molar-refractivity contribution < 1.29 is 9.47 Å². The average Bonchev–Trinajstić information content (AvgIpc) is 2.79. The number of hydrogen-bond donors (Lipinski definition) is 1. The topological polar surface area (TPSA) is 68.6 Å². The largest absolute Gasteiger partial charge is 0.493 e. The average molecular weight is 498 g/mol. The molecule has 8 heteroatoms. The number of hydrogen-bond acceptors (Lipinski definition) is 6. The first kappa shape index (κ1) is 21.1. The number of halogens is 2. The lowest BCUT2D eigenvalue weighted by molar-refractivity contribution is 0.353. The molecule has 4 rings (SSSR count). The van der Waals surface area contributed by atoms with Crippen LogP contribution in [0.4, 0.5) is 5.95 Å². The molecule has 0 aliphatic heterocycles. The van der Waals surface area contributed by atoms with Gasteiger partial charge in [0.15, 0.2) is 11.5 Å². The van der Waals surface area contributed by atoms with Crippen LogP contribution in [0.1, 0.15) is 5.56 Å². The molecule has 31 heavy (non-hydrogen) atoms. The molecule has 4 aromatic rings. The van der Waals surface area contributed by atoms with Crippen molar-refractivity contribution in [3.63, 3.8) is 0 Å². The van der Waals surface area contributed by atoms with Gasteiger partial charge in [-0.2, -0.15) is 5.10 Å². The summed E-state index contributed by atoms with van der Waals surface area (Å²) in [6.07, 6.45) is 1.66. The number of rotatable bonds is 6. The summed E-state index contributed by atoms with van der Waals surface area (Å²) < 4.78 is 11.5. The molecule has 156 valence electrons. The first-order valence-corrected chi connectivity index (χ1v) is 10.5. The molecule has 0 radical (unpaired) electrons. The second kappa shape index (κ2) is 9.32. The molecule has 0 bridgehead atoms. The van der Waals surface area contributed by atoms with Gasteiger partial charge in [0.05, 0.1) is 36.1 Å². The van der Waals surface area contributed by atoms with Crippen LogP contribution >= 0.6 is 27.5 Å². The summed E-state index contributed by atoms with van der Waals surface area (Å²) in [5.41, 5.74) is 6.25. The molecule has 1 N–H and O–H groups in total. The Morgan fingerprint density at radius 3 is 2.55 bits per heavy atom. The van der Waals surface area contributed by atoms with Crippen LogP contribution in [-0.2, 0) is 0 Å². The van der Waals surface area contributed by atoms with Gasteiger partial charge < -0.3 is 9.47 Å². The van der Waals surface area contributed by atoms with Crippen LogP contribution in [0, 0.1) is 0 Å². The Hall–Kier alpha value is -3.16. The van der Waals surface area contributed by atoms with E-state index < -0.39 is 0 Å². The summed E-state index contributed by atoms with van der Waals surface area (Å²) in [7, 11) is 3.18. The normalized spacial score (nSPS) is 11.1. The summed E-state index contributed by atoms with van der Waals surface area (Å²) in [5.74, 6) is 1.60. The van der Waals surface area contributed by atoms with Crippen molar-refractivity contribution in [1.82, 2.24) is 9.97 Å². The number of fused-ring (bicyclic) bond motifs is 1. The molecule has 0 fully saturated rings. The molecule has 1 heterocycles. The number of hydrazone groups is 1. The van der Waals surface area contributed by atoms with Gasteiger partial charge in [0.1, 0.15) is 0 Å². The highest BCUT2D eigenvalue weighted by atomic mass is 79.9. The zero-order chi connectivity index (χ0) is 21.8. The van der Waals surface area contributed by atoms with E-state index in [1.807, 2.05) is 54.6 Å². The highest BCUT2D eigenvalue weighted by molar-refractivity contribution is 9.10. The number of ether oxygens (including phenoxy) is 2. The Kier molecular flexibility index (Phi) is 6.34. The smallest absolute Gasteiger partial charge is 0.244 e. The van der Waals surface area contributed by atoms with E-state index >= 15 is 0 Å². The molecule has 0 aliphatic rings. The van der Waals surface area contributed by atoms with E-state index in [2.05, 4.69) is 36.4 Å². The highest BCUT2D eigenvalue weighted by Gasteiger charge is 2.11. The number of nitrogens with zero attached hydrogens (tertiary/aromatic N) is 3. The Morgan fingerprint density at radius 1 is 1.00 bits per heavy atom. The predicted molar refractivity (Wildman–Crippen MR) is 128 cm³/mol. The number of methoxy groups -OCH3 is 2. The minimum atomic E-state index is 0.379. The molecule has 6 nitrogen and oxygen atoms in total. The number of benzene rings is 3. The fourth-order valence-electron chi connectivity index (χ4n) is 3.14. The second-order valence-corrected chi connectivity index (χ2v) is 7.82. The van der Waals surface area contributed by atoms with Gasteiger partial charge in [0, 0.05) is 16.0 Å². The molecule has 0 amide bonds. The third-order valence-corrected chi connectivity index (χ3v) is 5.36. The van der Waals surface area contributed by atoms with E-state index in [0.717, 1.165) is 32.2 Å². The highest BCUT2D eigenvalue weighted by Crippen LogP contribution is 2.36. The van der Waals surface area contributed by atoms with Gasteiger partial charge in [-0.05, 0) is 51.8 Å². The van der Waals surface area contributed by atoms with Crippen molar-refractivity contribution >= 4 is 50.6 Å². The summed E-state index contributed by atoms with van der Waals surface area (Å²) in [6, 6.07) is 19.1. The van der Waals surface area contributed by atoms with Crippen molar-refractivity contribution in [3.05, 3.63) is 75.7 Å². The SMILES string of the molecule is COc1cc(/C=N\Nc2nc(-c3ccccc3)c3cc(Cl)ccc3n2)cc(Br)c1OC. The molecule has 0 unspecified atom stereocenters. The third kappa shape index (κ3) is 4.62. The van der Waals surface area contributed by atoms with E-state index in [0.29, 0.717) is 22.5 Å². The van der Waals surface area contributed by atoms with Crippen LogP contribution in [0.5, 0.6) is 11.5 Å². The van der Waals surface area contributed by atoms with Gasteiger partial charge >= 0.3 is 0 Å². The summed E-state index contributed by atoms with van der Waals surface area (Å²) in [4.78, 5) is 9.24. The van der Waals surface area contributed by atoms with Crippen LogP contribution in [0.15, 0.2) is 70.2 Å². The molecule has 1 aromatic heterocycles. The van der Waals surface area contributed by atoms with Crippen LogP contribution in [-0.4, -0.2) is 30.4 Å². The summed E-state index contributed by atoms with van der Waals surface area (Å²) in [5, 5.41) is 5.80. The molecule has 0 aliphatic carbocycles. The first-order valence-electron chi connectivity index (χ1n) is 9.32. The minimum absolute atomic E-state index is 0.379. The molecule has 0 atom stereocenters. The lowest BCUT2D eigenvalue weighted by atomic mass is 10.1. The van der Waals surface area contributed by atoms with Gasteiger partial charge in [-0.3, -0.25) is 0 Å². The standard InChI is InChI=1S/C23H18BrClN4O2/c1-30-20-11-14(10-18(24)22(20)31-2)13-26-29-23-27-19-9-8-16(25)12-17(19)21(28-23)15-6-4-3-5-7-15/h3-13H,1-2H3,(H,27,28,29)/b26-13-. The predicted octanol–water partition coefficient (Wildman–Crippen LogP) is 6.18. The third-order valence-electron chi connectivity index (χ3n) is 4.54. The fraction of sp³-hybridized carbons (Fsp3) is 0.0870. The molecular formula is C23H18BrClN4O2. The zero-order valence-corrected chi connectivity index (χ0v) is 19.1. The molecule has 0 saturated carbocycles. The maximum absolute atomic E-state index is 6.21. The second-order valence-electron chi connectivity index (χ2n) is 6.53. The van der Waals surface area contributed by atoms with Crippen molar-refractivity contribution in [2.75, 3.05) is 19.6 Å². The molecule has 0 saturated heterocycles. The maximum atomic E-state index is 6.21. The van der Waals surface area contributed by atoms with Gasteiger partial charge in [-0.1, -0.05) is 41.9 Å². The van der Waals surface area contributed by atoms with Crippen LogP contribution in [0.2, 0.25) is 5.02 Å². The van der Waals surface area contributed by atoms with Gasteiger partial charge in [0.2, 0.25) is 5.95 Å². The first-order chi connectivity index (χ1) is 15.1. The van der Waals surface area contributed by atoms with E-state index in [4.69, 9.17) is 21.1 Å². The summed E-state index contributed by atoms with van der Waals surface area (Å²) >= 11 is 9.69. The Morgan fingerprint density at radius 2 is 1.81 bits per heavy atom. The Labute approximate surface area is 193 Å². The summed E-state index contributed by atoms with van der Waals surface area (Å²) in [6.45, 7) is 0. The van der Waals surface area contributed by atoms with E-state index in [9.17, 15) is 0 Å². The van der Waals surface area contributed by atoms with Gasteiger partial charge in [-0.25, -0.2) is 15.4 Å². The van der Waals surface area contributed by atoms with E-state index in [1.54, 1.807) is 26.5 Å².